The molecule has 0 saturated heterocycles. The van der Waals surface area contributed by atoms with Gasteiger partial charge in [0.05, 0.1) is 37.7 Å². The summed E-state index contributed by atoms with van der Waals surface area (Å²) in [6.45, 7) is 3.48. The highest BCUT2D eigenvalue weighted by atomic mass is 35.5. The Morgan fingerprint density at radius 2 is 1.13 bits per heavy atom. The molecule has 0 aliphatic heterocycles. The van der Waals surface area contributed by atoms with E-state index in [0.29, 0.717) is 25.4 Å². The summed E-state index contributed by atoms with van der Waals surface area (Å²) in [6, 6.07) is 18.0. The normalized spacial score (nSPS) is 10.9. The lowest BCUT2D eigenvalue weighted by Gasteiger charge is -2.11. The Morgan fingerprint density at radius 3 is 1.58 bits per heavy atom. The van der Waals surface area contributed by atoms with Crippen molar-refractivity contribution >= 4 is 71.5 Å². The standard InChI is InChI=1S/C10H7ClF3N3S.C9H8ClN3S.C8H6ClN3S/c1-5-15-16-9(18)17(5)8-4-6(10(12,13)14)2-3-7(8)11;1-6-11-12-9(14)13(6)8-5-3-2-4-7(8)10;9-6-3-1-2-4-7(6)12-5-10-11-8(12)13/h2-4H,1H3,(H,16,18);2-5H,1H3,(H,12,14);1-5H,(H,11,13). The first-order valence-electron chi connectivity index (χ1n) is 12.6. The van der Waals surface area contributed by atoms with Crippen LogP contribution >= 0.6 is 71.5 Å². The van der Waals surface area contributed by atoms with E-state index in [2.05, 4.69) is 30.6 Å². The molecule has 0 atom stereocenters. The van der Waals surface area contributed by atoms with Gasteiger partial charge >= 0.3 is 6.18 Å². The maximum atomic E-state index is 12.6. The Morgan fingerprint density at radius 1 is 0.644 bits per heavy atom. The lowest BCUT2D eigenvalue weighted by molar-refractivity contribution is -0.137. The number of para-hydroxylation sites is 2. The van der Waals surface area contributed by atoms with Gasteiger partial charge in [-0.15, -0.1) is 0 Å². The molecule has 3 aromatic carbocycles. The summed E-state index contributed by atoms with van der Waals surface area (Å²) in [7, 11) is 0. The Labute approximate surface area is 284 Å². The molecule has 6 rings (SSSR count). The van der Waals surface area contributed by atoms with Crippen molar-refractivity contribution in [1.82, 2.24) is 44.3 Å². The van der Waals surface area contributed by atoms with E-state index in [1.807, 2.05) is 55.5 Å². The quantitative estimate of drug-likeness (QED) is 0.157. The number of hydrogen-bond acceptors (Lipinski definition) is 6. The predicted molar refractivity (Wildman–Crippen MR) is 176 cm³/mol. The second-order valence-corrected chi connectivity index (χ2v) is 11.3. The first-order valence-corrected chi connectivity index (χ1v) is 14.9. The van der Waals surface area contributed by atoms with E-state index in [0.717, 1.165) is 29.3 Å². The number of aryl methyl sites for hydroxylation is 2. The summed E-state index contributed by atoms with van der Waals surface area (Å²) in [5.74, 6) is 1.23. The lowest BCUT2D eigenvalue weighted by atomic mass is 10.2. The molecule has 45 heavy (non-hydrogen) atoms. The molecular weight excluding hydrogens is 710 g/mol. The Hall–Kier alpha value is -3.60. The average Bonchev–Trinajstić information content (AvgIpc) is 3.67. The number of rotatable bonds is 3. The number of nitrogens with one attached hydrogen (secondary N) is 3. The minimum absolute atomic E-state index is 0.155. The van der Waals surface area contributed by atoms with Gasteiger partial charge in [-0.2, -0.15) is 28.5 Å². The molecule has 0 aliphatic rings. The van der Waals surface area contributed by atoms with Crippen LogP contribution in [0.2, 0.25) is 15.1 Å². The minimum atomic E-state index is -4.43. The molecule has 18 heteroatoms. The van der Waals surface area contributed by atoms with Gasteiger partial charge in [-0.1, -0.05) is 59.1 Å². The average molecular weight is 731 g/mol. The molecule has 3 N–H and O–H groups in total. The van der Waals surface area contributed by atoms with Crippen LogP contribution in [-0.4, -0.2) is 44.3 Å². The molecular formula is C27H21Cl3F3N9S3. The zero-order valence-corrected chi connectivity index (χ0v) is 27.8. The van der Waals surface area contributed by atoms with Gasteiger partial charge in [0, 0.05) is 0 Å². The van der Waals surface area contributed by atoms with Gasteiger partial charge in [0.2, 0.25) is 0 Å². The smallest absolute Gasteiger partial charge is 0.273 e. The van der Waals surface area contributed by atoms with E-state index in [-0.39, 0.29) is 15.5 Å². The van der Waals surface area contributed by atoms with Crippen LogP contribution in [0.3, 0.4) is 0 Å². The van der Waals surface area contributed by atoms with E-state index in [1.54, 1.807) is 22.4 Å². The first-order chi connectivity index (χ1) is 21.3. The van der Waals surface area contributed by atoms with Gasteiger partial charge in [0.25, 0.3) is 0 Å². The molecule has 0 saturated carbocycles. The zero-order valence-electron chi connectivity index (χ0n) is 23.1. The molecule has 0 spiro atoms. The largest absolute Gasteiger partial charge is 0.416 e. The van der Waals surface area contributed by atoms with Crippen molar-refractivity contribution in [3.05, 3.63) is 120 Å². The predicted octanol–water partition coefficient (Wildman–Crippen LogP) is 9.39. The summed E-state index contributed by atoms with van der Waals surface area (Å²) in [5, 5.41) is 21.0. The Bertz CT molecular complexity index is 2110. The number of hydrogen-bond donors (Lipinski definition) is 3. The fraction of sp³-hybridized carbons (Fsp3) is 0.111. The van der Waals surface area contributed by atoms with E-state index < -0.39 is 11.7 Å². The molecule has 3 heterocycles. The van der Waals surface area contributed by atoms with Gasteiger partial charge < -0.3 is 0 Å². The molecule has 9 nitrogen and oxygen atoms in total. The molecule has 0 radical (unpaired) electrons. The molecule has 0 unspecified atom stereocenters. The number of H-pyrrole nitrogens is 3. The fourth-order valence-corrected chi connectivity index (χ4v) is 5.28. The molecule has 3 aromatic heterocycles. The van der Waals surface area contributed by atoms with Crippen LogP contribution in [0.1, 0.15) is 17.2 Å². The highest BCUT2D eigenvalue weighted by molar-refractivity contribution is 7.71. The maximum absolute atomic E-state index is 12.6. The van der Waals surface area contributed by atoms with Crippen molar-refractivity contribution in [3.63, 3.8) is 0 Å². The molecule has 0 fully saturated rings. The SMILES string of the molecule is Cc1n[nH]c(=S)n1-c1cc(C(F)(F)F)ccc1Cl.Cc1n[nH]c(=S)n1-c1ccccc1Cl.S=c1[nH]ncn1-c1ccccc1Cl. The molecule has 0 bridgehead atoms. The van der Waals surface area contributed by atoms with Crippen LogP contribution in [0, 0.1) is 28.2 Å². The van der Waals surface area contributed by atoms with E-state index in [4.69, 9.17) is 71.5 Å². The molecule has 0 amide bonds. The van der Waals surface area contributed by atoms with E-state index in [1.165, 1.54) is 10.6 Å². The maximum Gasteiger partial charge on any atom is 0.416 e. The number of nitrogens with zero attached hydrogens (tertiary/aromatic N) is 6. The first kappa shape index (κ1) is 34.3. The summed E-state index contributed by atoms with van der Waals surface area (Å²) in [6.07, 6.45) is -2.83. The van der Waals surface area contributed by atoms with Gasteiger partial charge in [-0.3, -0.25) is 29.0 Å². The lowest BCUT2D eigenvalue weighted by Crippen LogP contribution is -2.07. The summed E-state index contributed by atoms with van der Waals surface area (Å²) in [5.41, 5.74) is 1.06. The van der Waals surface area contributed by atoms with Crippen LogP contribution < -0.4 is 0 Å². The highest BCUT2D eigenvalue weighted by Gasteiger charge is 2.31. The second kappa shape index (κ2) is 14.7. The number of alkyl halides is 3. The van der Waals surface area contributed by atoms with E-state index in [9.17, 15) is 13.2 Å². The zero-order chi connectivity index (χ0) is 32.9. The van der Waals surface area contributed by atoms with Crippen molar-refractivity contribution in [3.8, 4) is 17.1 Å². The van der Waals surface area contributed by atoms with Gasteiger partial charge in [0.15, 0.2) is 14.3 Å². The molecule has 234 valence electrons. The fourth-order valence-electron chi connectivity index (χ4n) is 3.88. The third-order valence-electron chi connectivity index (χ3n) is 5.95. The highest BCUT2D eigenvalue weighted by Crippen LogP contribution is 2.33. The number of halogens is 6. The topological polar surface area (TPSA) is 101 Å². The summed E-state index contributed by atoms with van der Waals surface area (Å²) >= 11 is 33.0. The second-order valence-electron chi connectivity index (χ2n) is 8.92. The van der Waals surface area contributed by atoms with Crippen LogP contribution in [0.4, 0.5) is 13.2 Å². The number of aromatic amines is 3. The molecule has 0 aliphatic carbocycles. The minimum Gasteiger partial charge on any atom is -0.273 e. The van der Waals surface area contributed by atoms with Crippen LogP contribution in [-0.2, 0) is 6.18 Å². The van der Waals surface area contributed by atoms with Crippen molar-refractivity contribution < 1.29 is 13.2 Å². The number of aromatic nitrogens is 9. The van der Waals surface area contributed by atoms with Crippen LogP contribution in [0.25, 0.3) is 17.1 Å². The van der Waals surface area contributed by atoms with Crippen molar-refractivity contribution in [1.29, 1.82) is 0 Å². The van der Waals surface area contributed by atoms with E-state index >= 15 is 0 Å². The van der Waals surface area contributed by atoms with Crippen molar-refractivity contribution in [2.24, 2.45) is 0 Å². The van der Waals surface area contributed by atoms with Gasteiger partial charge in [-0.05, 0) is 93.0 Å². The van der Waals surface area contributed by atoms with Crippen LogP contribution in [0.15, 0.2) is 73.1 Å². The monoisotopic (exact) mass is 729 g/mol. The van der Waals surface area contributed by atoms with Crippen molar-refractivity contribution in [2.45, 2.75) is 20.0 Å². The van der Waals surface area contributed by atoms with Gasteiger partial charge in [0.1, 0.15) is 18.0 Å². The number of benzene rings is 3. The molecule has 6 aromatic rings. The Balaban J connectivity index is 0.000000156. The van der Waals surface area contributed by atoms with Crippen molar-refractivity contribution in [2.75, 3.05) is 0 Å². The van der Waals surface area contributed by atoms with Gasteiger partial charge in [-0.25, -0.2) is 0 Å². The summed E-state index contributed by atoms with van der Waals surface area (Å²) in [4.78, 5) is 0. The Kier molecular flexibility index (Phi) is 11.2. The third-order valence-corrected chi connectivity index (χ3v) is 7.75. The summed E-state index contributed by atoms with van der Waals surface area (Å²) < 4.78 is 44.1. The third kappa shape index (κ3) is 8.17. The van der Waals surface area contributed by atoms with Crippen LogP contribution in [0.5, 0.6) is 0 Å².